The summed E-state index contributed by atoms with van der Waals surface area (Å²) in [5, 5.41) is 0. The molecule has 0 aliphatic carbocycles. The maximum absolute atomic E-state index is 5.49. The highest BCUT2D eigenvalue weighted by Gasteiger charge is 2.16. The van der Waals surface area contributed by atoms with Crippen LogP contribution < -0.4 is 4.74 Å². The number of nitrogens with zero attached hydrogens (tertiary/aromatic N) is 2. The zero-order valence-corrected chi connectivity index (χ0v) is 8.27. The molecule has 0 amide bonds. The molecule has 14 heavy (non-hydrogen) atoms. The molecule has 0 N–H and O–H groups in total. The van der Waals surface area contributed by atoms with Gasteiger partial charge in [-0.05, 0) is 19.8 Å². The van der Waals surface area contributed by atoms with E-state index in [1.54, 1.807) is 12.3 Å². The van der Waals surface area contributed by atoms with Crippen molar-refractivity contribution in [2.24, 2.45) is 0 Å². The summed E-state index contributed by atoms with van der Waals surface area (Å²) in [6.45, 7) is 3.30. The normalized spacial score (nSPS) is 21.1. The molecule has 2 heterocycles. The second-order valence-corrected chi connectivity index (χ2v) is 3.39. The predicted molar refractivity (Wildman–Crippen MR) is 51.2 cm³/mol. The van der Waals surface area contributed by atoms with E-state index in [-0.39, 0.29) is 6.10 Å². The zero-order valence-electron chi connectivity index (χ0n) is 8.27. The van der Waals surface area contributed by atoms with Crippen LogP contribution in [0, 0.1) is 6.92 Å². The maximum atomic E-state index is 5.49. The van der Waals surface area contributed by atoms with Gasteiger partial charge in [0.05, 0.1) is 6.10 Å². The van der Waals surface area contributed by atoms with E-state index >= 15 is 0 Å². The molecule has 1 aliphatic heterocycles. The van der Waals surface area contributed by atoms with Crippen LogP contribution in [-0.4, -0.2) is 29.3 Å². The van der Waals surface area contributed by atoms with E-state index in [0.717, 1.165) is 25.3 Å². The summed E-state index contributed by atoms with van der Waals surface area (Å²) in [5.41, 5.74) is 0. The molecule has 1 fully saturated rings. The quantitative estimate of drug-likeness (QED) is 0.728. The Bertz CT molecular complexity index is 298. The number of aryl methyl sites for hydroxylation is 1. The van der Waals surface area contributed by atoms with Crippen LogP contribution in [0.5, 0.6) is 5.88 Å². The van der Waals surface area contributed by atoms with Gasteiger partial charge in [-0.2, -0.15) is 4.98 Å². The zero-order chi connectivity index (χ0) is 9.80. The minimum atomic E-state index is 0.241. The predicted octanol–water partition coefficient (Wildman–Crippen LogP) is 1.34. The highest BCUT2D eigenvalue weighted by atomic mass is 16.5. The molecule has 1 aromatic heterocycles. The minimum absolute atomic E-state index is 0.241. The molecule has 0 aromatic carbocycles. The molecule has 0 saturated carbocycles. The summed E-state index contributed by atoms with van der Waals surface area (Å²) < 4.78 is 10.9. The number of hydrogen-bond acceptors (Lipinski definition) is 4. The van der Waals surface area contributed by atoms with E-state index in [0.29, 0.717) is 12.5 Å². The van der Waals surface area contributed by atoms with Gasteiger partial charge in [0, 0.05) is 18.9 Å². The Morgan fingerprint density at radius 2 is 2.57 bits per heavy atom. The van der Waals surface area contributed by atoms with Crippen LogP contribution in [0.2, 0.25) is 0 Å². The van der Waals surface area contributed by atoms with Crippen molar-refractivity contribution in [3.8, 4) is 5.88 Å². The van der Waals surface area contributed by atoms with Crippen LogP contribution in [0.3, 0.4) is 0 Å². The summed E-state index contributed by atoms with van der Waals surface area (Å²) in [5.74, 6) is 1.36. The molecule has 1 aliphatic rings. The molecule has 1 atom stereocenters. The fourth-order valence-electron chi connectivity index (χ4n) is 1.47. The average molecular weight is 194 g/mol. The molecule has 1 saturated heterocycles. The summed E-state index contributed by atoms with van der Waals surface area (Å²) in [4.78, 5) is 8.14. The first-order valence-electron chi connectivity index (χ1n) is 4.88. The van der Waals surface area contributed by atoms with Gasteiger partial charge >= 0.3 is 0 Å². The molecule has 1 aromatic rings. The van der Waals surface area contributed by atoms with Crippen molar-refractivity contribution in [3.05, 3.63) is 18.1 Å². The van der Waals surface area contributed by atoms with Crippen LogP contribution in [0.15, 0.2) is 12.3 Å². The third kappa shape index (κ3) is 2.42. The highest BCUT2D eigenvalue weighted by molar-refractivity contribution is 5.07. The third-order valence-electron chi connectivity index (χ3n) is 2.19. The Kier molecular flexibility index (Phi) is 2.93. The van der Waals surface area contributed by atoms with Crippen LogP contribution in [0.1, 0.15) is 18.7 Å². The van der Waals surface area contributed by atoms with Gasteiger partial charge in [0.25, 0.3) is 0 Å². The number of rotatable bonds is 3. The fraction of sp³-hybridized carbons (Fsp3) is 0.600. The molecular weight excluding hydrogens is 180 g/mol. The molecule has 0 radical (unpaired) electrons. The number of ether oxygens (including phenoxy) is 2. The second kappa shape index (κ2) is 4.37. The molecule has 4 heteroatoms. The Hall–Kier alpha value is -1.16. The number of aromatic nitrogens is 2. The maximum Gasteiger partial charge on any atom is 0.216 e. The van der Waals surface area contributed by atoms with Crippen molar-refractivity contribution in [1.29, 1.82) is 0 Å². The Morgan fingerprint density at radius 1 is 1.64 bits per heavy atom. The second-order valence-electron chi connectivity index (χ2n) is 3.39. The van der Waals surface area contributed by atoms with Gasteiger partial charge in [0.2, 0.25) is 5.88 Å². The fourth-order valence-corrected chi connectivity index (χ4v) is 1.47. The van der Waals surface area contributed by atoms with Gasteiger partial charge in [-0.3, -0.25) is 0 Å². The Balaban J connectivity index is 1.85. The van der Waals surface area contributed by atoms with Crippen molar-refractivity contribution in [2.75, 3.05) is 13.2 Å². The first-order valence-corrected chi connectivity index (χ1v) is 4.88. The first kappa shape index (κ1) is 9.40. The van der Waals surface area contributed by atoms with E-state index in [1.165, 1.54) is 0 Å². The van der Waals surface area contributed by atoms with Crippen LogP contribution in [0.4, 0.5) is 0 Å². The van der Waals surface area contributed by atoms with E-state index < -0.39 is 0 Å². The lowest BCUT2D eigenvalue weighted by molar-refractivity contribution is 0.0662. The molecular formula is C10H14N2O2. The van der Waals surface area contributed by atoms with Crippen molar-refractivity contribution in [3.63, 3.8) is 0 Å². The smallest absolute Gasteiger partial charge is 0.216 e. The van der Waals surface area contributed by atoms with Crippen molar-refractivity contribution >= 4 is 0 Å². The standard InChI is InChI=1S/C10H14N2O2/c1-8-11-5-4-10(12-8)14-7-9-3-2-6-13-9/h4-5,9H,2-3,6-7H2,1H3. The molecule has 0 bridgehead atoms. The summed E-state index contributed by atoms with van der Waals surface area (Å²) in [6, 6.07) is 1.77. The van der Waals surface area contributed by atoms with E-state index in [4.69, 9.17) is 9.47 Å². The van der Waals surface area contributed by atoms with Crippen molar-refractivity contribution in [1.82, 2.24) is 9.97 Å². The van der Waals surface area contributed by atoms with E-state index in [9.17, 15) is 0 Å². The largest absolute Gasteiger partial charge is 0.475 e. The monoisotopic (exact) mass is 194 g/mol. The summed E-state index contributed by atoms with van der Waals surface area (Å²) >= 11 is 0. The van der Waals surface area contributed by atoms with Crippen LogP contribution in [-0.2, 0) is 4.74 Å². The highest BCUT2D eigenvalue weighted by Crippen LogP contribution is 2.13. The Labute approximate surface area is 83.3 Å². The van der Waals surface area contributed by atoms with Gasteiger partial charge in [0.1, 0.15) is 12.4 Å². The topological polar surface area (TPSA) is 44.2 Å². The number of hydrogen-bond donors (Lipinski definition) is 0. The van der Waals surface area contributed by atoms with Crippen molar-refractivity contribution in [2.45, 2.75) is 25.9 Å². The van der Waals surface area contributed by atoms with Crippen LogP contribution >= 0.6 is 0 Å². The lowest BCUT2D eigenvalue weighted by Gasteiger charge is -2.10. The first-order chi connectivity index (χ1) is 6.84. The van der Waals surface area contributed by atoms with Gasteiger partial charge in [-0.1, -0.05) is 0 Å². The van der Waals surface area contributed by atoms with Gasteiger partial charge in [0.15, 0.2) is 0 Å². The third-order valence-corrected chi connectivity index (χ3v) is 2.19. The van der Waals surface area contributed by atoms with Crippen LogP contribution in [0.25, 0.3) is 0 Å². The van der Waals surface area contributed by atoms with Gasteiger partial charge in [-0.15, -0.1) is 0 Å². The molecule has 1 unspecified atom stereocenters. The lowest BCUT2D eigenvalue weighted by Crippen LogP contribution is -2.16. The van der Waals surface area contributed by atoms with Gasteiger partial charge < -0.3 is 9.47 Å². The van der Waals surface area contributed by atoms with E-state index in [2.05, 4.69) is 9.97 Å². The SMILES string of the molecule is Cc1nccc(OCC2CCCO2)n1. The molecule has 0 spiro atoms. The Morgan fingerprint density at radius 3 is 3.29 bits per heavy atom. The van der Waals surface area contributed by atoms with E-state index in [1.807, 2.05) is 6.92 Å². The summed E-state index contributed by atoms with van der Waals surface area (Å²) in [6.07, 6.45) is 4.17. The molecule has 2 rings (SSSR count). The average Bonchev–Trinajstić information content (AvgIpc) is 2.67. The molecule has 76 valence electrons. The summed E-state index contributed by atoms with van der Waals surface area (Å²) in [7, 11) is 0. The molecule has 4 nitrogen and oxygen atoms in total. The van der Waals surface area contributed by atoms with Gasteiger partial charge in [-0.25, -0.2) is 4.98 Å². The lowest BCUT2D eigenvalue weighted by atomic mass is 10.2. The minimum Gasteiger partial charge on any atom is -0.475 e. The van der Waals surface area contributed by atoms with Crippen molar-refractivity contribution < 1.29 is 9.47 Å².